The van der Waals surface area contributed by atoms with Gasteiger partial charge in [0.25, 0.3) is 5.91 Å². The molecule has 128 valence electrons. The average molecular weight is 348 g/mol. The molecule has 1 aliphatic rings. The smallest absolute Gasteiger partial charge is 0.255 e. The SMILES string of the molecule is Cc1nn(C)c(Cl)c1[C@@H]1CCCN1C(=O)c1ccc(N(C)C)nc1. The second-order valence-electron chi connectivity index (χ2n) is 6.37. The molecule has 1 fully saturated rings. The normalized spacial score (nSPS) is 17.4. The first kappa shape index (κ1) is 16.8. The zero-order chi connectivity index (χ0) is 17.4. The topological polar surface area (TPSA) is 54.3 Å². The molecule has 6 nitrogen and oxygen atoms in total. The predicted octanol–water partition coefficient (Wildman–Crippen LogP) is 2.82. The van der Waals surface area contributed by atoms with Gasteiger partial charge in [0.05, 0.1) is 17.3 Å². The van der Waals surface area contributed by atoms with Gasteiger partial charge in [-0.25, -0.2) is 4.98 Å². The van der Waals surface area contributed by atoms with Gasteiger partial charge in [-0.1, -0.05) is 11.6 Å². The fraction of sp³-hybridized carbons (Fsp3) is 0.471. The lowest BCUT2D eigenvalue weighted by Gasteiger charge is -2.25. The molecule has 1 saturated heterocycles. The molecule has 2 aromatic heterocycles. The molecule has 3 rings (SSSR count). The fourth-order valence-corrected chi connectivity index (χ4v) is 3.58. The molecule has 0 bridgehead atoms. The van der Waals surface area contributed by atoms with Crippen molar-refractivity contribution in [2.75, 3.05) is 25.5 Å². The van der Waals surface area contributed by atoms with Gasteiger partial charge in [0.2, 0.25) is 0 Å². The van der Waals surface area contributed by atoms with Crippen molar-refractivity contribution in [3.63, 3.8) is 0 Å². The number of amides is 1. The van der Waals surface area contributed by atoms with E-state index in [2.05, 4.69) is 10.1 Å². The van der Waals surface area contributed by atoms with Crippen LogP contribution in [0.25, 0.3) is 0 Å². The van der Waals surface area contributed by atoms with E-state index >= 15 is 0 Å². The van der Waals surface area contributed by atoms with Crippen LogP contribution in [0.4, 0.5) is 5.82 Å². The maximum absolute atomic E-state index is 12.9. The Morgan fingerprint density at radius 3 is 2.67 bits per heavy atom. The van der Waals surface area contributed by atoms with E-state index in [4.69, 9.17) is 11.6 Å². The summed E-state index contributed by atoms with van der Waals surface area (Å²) in [5.41, 5.74) is 2.45. The lowest BCUT2D eigenvalue weighted by Crippen LogP contribution is -2.31. The number of halogens is 1. The molecule has 0 spiro atoms. The van der Waals surface area contributed by atoms with E-state index in [0.717, 1.165) is 36.5 Å². The van der Waals surface area contributed by atoms with E-state index in [9.17, 15) is 4.79 Å². The van der Waals surface area contributed by atoms with Crippen LogP contribution in [0.3, 0.4) is 0 Å². The van der Waals surface area contributed by atoms with Crippen LogP contribution in [0.2, 0.25) is 5.15 Å². The molecule has 2 aromatic rings. The third kappa shape index (κ3) is 2.86. The highest BCUT2D eigenvalue weighted by molar-refractivity contribution is 6.30. The number of likely N-dealkylation sites (tertiary alicyclic amines) is 1. The molecule has 0 radical (unpaired) electrons. The molecular weight excluding hydrogens is 326 g/mol. The molecule has 24 heavy (non-hydrogen) atoms. The highest BCUT2D eigenvalue weighted by atomic mass is 35.5. The number of aromatic nitrogens is 3. The van der Waals surface area contributed by atoms with Crippen LogP contribution in [0.1, 0.15) is 40.5 Å². The van der Waals surface area contributed by atoms with Gasteiger partial charge in [0.15, 0.2) is 0 Å². The first-order chi connectivity index (χ1) is 11.4. The molecular formula is C17H22ClN5O. The second-order valence-corrected chi connectivity index (χ2v) is 6.73. The van der Waals surface area contributed by atoms with Crippen molar-refractivity contribution >= 4 is 23.3 Å². The van der Waals surface area contributed by atoms with Crippen LogP contribution in [0.5, 0.6) is 0 Å². The third-order valence-electron chi connectivity index (χ3n) is 4.50. The number of hydrogen-bond acceptors (Lipinski definition) is 4. The minimum atomic E-state index is -0.0211. The molecule has 0 saturated carbocycles. The lowest BCUT2D eigenvalue weighted by atomic mass is 10.1. The van der Waals surface area contributed by atoms with Crippen molar-refractivity contribution in [3.05, 3.63) is 40.3 Å². The minimum absolute atomic E-state index is 0.00498. The number of rotatable bonds is 3. The van der Waals surface area contributed by atoms with Crippen LogP contribution >= 0.6 is 11.6 Å². The number of pyridine rings is 1. The number of carbonyl (C=O) groups is 1. The highest BCUT2D eigenvalue weighted by Crippen LogP contribution is 2.38. The van der Waals surface area contributed by atoms with Gasteiger partial charge in [0, 0.05) is 39.4 Å². The van der Waals surface area contributed by atoms with Gasteiger partial charge >= 0.3 is 0 Å². The van der Waals surface area contributed by atoms with Crippen molar-refractivity contribution in [2.24, 2.45) is 7.05 Å². The van der Waals surface area contributed by atoms with Gasteiger partial charge in [0.1, 0.15) is 11.0 Å². The average Bonchev–Trinajstić information content (AvgIpc) is 3.12. The number of anilines is 1. The summed E-state index contributed by atoms with van der Waals surface area (Å²) < 4.78 is 1.67. The Bertz CT molecular complexity index is 753. The van der Waals surface area contributed by atoms with Crippen LogP contribution in [-0.4, -0.2) is 46.2 Å². The van der Waals surface area contributed by atoms with Crippen LogP contribution < -0.4 is 4.90 Å². The van der Waals surface area contributed by atoms with E-state index in [1.807, 2.05) is 50.0 Å². The summed E-state index contributed by atoms with van der Waals surface area (Å²) in [4.78, 5) is 21.1. The Hall–Kier alpha value is -2.08. The number of nitrogens with zero attached hydrogens (tertiary/aromatic N) is 5. The van der Waals surface area contributed by atoms with E-state index in [-0.39, 0.29) is 11.9 Å². The zero-order valence-electron chi connectivity index (χ0n) is 14.5. The summed E-state index contributed by atoms with van der Waals surface area (Å²) in [5.74, 6) is 0.824. The van der Waals surface area contributed by atoms with Crippen molar-refractivity contribution in [2.45, 2.75) is 25.8 Å². The summed E-state index contributed by atoms with van der Waals surface area (Å²) in [7, 11) is 5.67. The Kier molecular flexibility index (Phi) is 4.49. The Balaban J connectivity index is 1.88. The Morgan fingerprint density at radius 2 is 2.12 bits per heavy atom. The molecule has 0 N–H and O–H groups in total. The maximum atomic E-state index is 12.9. The van der Waals surface area contributed by atoms with Crippen molar-refractivity contribution in [3.8, 4) is 0 Å². The van der Waals surface area contributed by atoms with E-state index in [1.54, 1.807) is 10.9 Å². The molecule has 3 heterocycles. The van der Waals surface area contributed by atoms with Crippen molar-refractivity contribution < 1.29 is 4.79 Å². The molecule has 7 heteroatoms. The predicted molar refractivity (Wildman–Crippen MR) is 94.5 cm³/mol. The highest BCUT2D eigenvalue weighted by Gasteiger charge is 2.34. The van der Waals surface area contributed by atoms with E-state index in [1.165, 1.54) is 0 Å². The van der Waals surface area contributed by atoms with Crippen molar-refractivity contribution in [1.82, 2.24) is 19.7 Å². The van der Waals surface area contributed by atoms with Gasteiger partial charge in [-0.05, 0) is 31.9 Å². The molecule has 1 aliphatic heterocycles. The molecule has 0 unspecified atom stereocenters. The monoisotopic (exact) mass is 347 g/mol. The molecule has 1 atom stereocenters. The number of hydrogen-bond donors (Lipinski definition) is 0. The lowest BCUT2D eigenvalue weighted by molar-refractivity contribution is 0.0735. The Labute approximate surface area is 147 Å². The molecule has 1 amide bonds. The zero-order valence-corrected chi connectivity index (χ0v) is 15.2. The largest absolute Gasteiger partial charge is 0.363 e. The van der Waals surface area contributed by atoms with Crippen LogP contribution in [0.15, 0.2) is 18.3 Å². The van der Waals surface area contributed by atoms with Crippen molar-refractivity contribution in [1.29, 1.82) is 0 Å². The maximum Gasteiger partial charge on any atom is 0.255 e. The number of aryl methyl sites for hydroxylation is 2. The summed E-state index contributed by atoms with van der Waals surface area (Å²) >= 11 is 6.41. The molecule has 0 aliphatic carbocycles. The standard InChI is InChI=1S/C17H22ClN5O/c1-11-15(16(18)22(4)20-11)13-6-5-9-23(13)17(24)12-7-8-14(19-10-12)21(2)3/h7-8,10,13H,5-6,9H2,1-4H3/t13-/m0/s1. The summed E-state index contributed by atoms with van der Waals surface area (Å²) in [6, 6.07) is 3.67. The summed E-state index contributed by atoms with van der Waals surface area (Å²) in [5, 5.41) is 4.99. The van der Waals surface area contributed by atoms with Gasteiger partial charge < -0.3 is 9.80 Å². The van der Waals surface area contributed by atoms with E-state index in [0.29, 0.717) is 10.7 Å². The first-order valence-electron chi connectivity index (χ1n) is 8.03. The Morgan fingerprint density at radius 1 is 1.38 bits per heavy atom. The van der Waals surface area contributed by atoms with Crippen LogP contribution in [-0.2, 0) is 7.05 Å². The van der Waals surface area contributed by atoms with Gasteiger partial charge in [-0.15, -0.1) is 0 Å². The fourth-order valence-electron chi connectivity index (χ4n) is 3.28. The van der Waals surface area contributed by atoms with E-state index < -0.39 is 0 Å². The number of carbonyl (C=O) groups excluding carboxylic acids is 1. The third-order valence-corrected chi connectivity index (χ3v) is 4.94. The minimum Gasteiger partial charge on any atom is -0.363 e. The first-order valence-corrected chi connectivity index (χ1v) is 8.41. The van der Waals surface area contributed by atoms with Gasteiger partial charge in [-0.3, -0.25) is 9.48 Å². The summed E-state index contributed by atoms with van der Waals surface area (Å²) in [6.45, 7) is 2.67. The van der Waals surface area contributed by atoms with Crippen LogP contribution in [0, 0.1) is 6.92 Å². The quantitative estimate of drug-likeness (QED) is 0.856. The summed E-state index contributed by atoms with van der Waals surface area (Å²) in [6.07, 6.45) is 3.51. The van der Waals surface area contributed by atoms with Gasteiger partial charge in [-0.2, -0.15) is 5.10 Å². The second kappa shape index (κ2) is 6.43. The molecule has 0 aromatic carbocycles.